The van der Waals surface area contributed by atoms with Gasteiger partial charge in [0.2, 0.25) is 5.91 Å². The first-order valence-corrected chi connectivity index (χ1v) is 12.4. The van der Waals surface area contributed by atoms with E-state index >= 15 is 0 Å². The number of carbonyl (C=O) groups excluding carboxylic acids is 2. The van der Waals surface area contributed by atoms with Crippen molar-refractivity contribution in [3.63, 3.8) is 0 Å². The van der Waals surface area contributed by atoms with Crippen LogP contribution >= 0.6 is 46.6 Å². The van der Waals surface area contributed by atoms with Crippen molar-refractivity contribution in [3.8, 4) is 0 Å². The Balaban J connectivity index is 1.48. The van der Waals surface area contributed by atoms with E-state index in [0.29, 0.717) is 27.1 Å². The van der Waals surface area contributed by atoms with Crippen LogP contribution in [0, 0.1) is 0 Å². The van der Waals surface area contributed by atoms with Crippen LogP contribution in [0.5, 0.6) is 0 Å². The zero-order chi connectivity index (χ0) is 24.8. The molecule has 1 aromatic heterocycles. The molecule has 2 amide bonds. The highest BCUT2D eigenvalue weighted by Crippen LogP contribution is 2.36. The lowest BCUT2D eigenvalue weighted by Crippen LogP contribution is -2.19. The van der Waals surface area contributed by atoms with Crippen LogP contribution in [0.15, 0.2) is 96.0 Å². The van der Waals surface area contributed by atoms with E-state index in [1.165, 1.54) is 24.0 Å². The molecule has 0 aliphatic rings. The number of carbonyl (C=O) groups is 2. The monoisotopic (exact) mass is 541 g/mol. The zero-order valence-electron chi connectivity index (χ0n) is 18.0. The molecule has 3 aromatic carbocycles. The molecule has 1 atom stereocenters. The topological polar surface area (TPSA) is 71.1 Å². The highest BCUT2D eigenvalue weighted by atomic mass is 35.5. The quantitative estimate of drug-likeness (QED) is 0.234. The summed E-state index contributed by atoms with van der Waals surface area (Å²) in [5, 5.41) is 6.35. The van der Waals surface area contributed by atoms with Crippen LogP contribution in [0.3, 0.4) is 0 Å². The van der Waals surface area contributed by atoms with Gasteiger partial charge in [0.25, 0.3) is 5.91 Å². The lowest BCUT2D eigenvalue weighted by molar-refractivity contribution is -0.115. The molecule has 35 heavy (non-hydrogen) atoms. The Morgan fingerprint density at radius 3 is 2.17 bits per heavy atom. The van der Waals surface area contributed by atoms with Crippen molar-refractivity contribution in [2.24, 2.45) is 0 Å². The number of aromatic nitrogens is 1. The van der Waals surface area contributed by atoms with Gasteiger partial charge in [-0.25, -0.2) is 4.98 Å². The Morgan fingerprint density at radius 2 is 1.51 bits per heavy atom. The number of hydrogen-bond donors (Lipinski definition) is 2. The molecule has 1 heterocycles. The fourth-order valence-electron chi connectivity index (χ4n) is 3.17. The normalized spacial score (nSPS) is 11.5. The van der Waals surface area contributed by atoms with Crippen molar-refractivity contribution < 1.29 is 9.59 Å². The van der Waals surface area contributed by atoms with E-state index in [1.54, 1.807) is 36.4 Å². The summed E-state index contributed by atoms with van der Waals surface area (Å²) >= 11 is 19.3. The van der Waals surface area contributed by atoms with Gasteiger partial charge < -0.3 is 10.6 Å². The lowest BCUT2D eigenvalue weighted by Gasteiger charge is -2.17. The molecule has 0 bridgehead atoms. The first-order chi connectivity index (χ1) is 16.9. The number of pyridine rings is 1. The number of thioether (sulfide) groups is 1. The summed E-state index contributed by atoms with van der Waals surface area (Å²) in [6.07, 6.45) is 1.48. The molecule has 0 saturated heterocycles. The predicted octanol–water partition coefficient (Wildman–Crippen LogP) is 7.77. The fraction of sp³-hybridized carbons (Fsp3) is 0.0385. The molecule has 1 unspecified atom stereocenters. The number of halogens is 3. The van der Waals surface area contributed by atoms with Gasteiger partial charge in [0.05, 0.1) is 15.6 Å². The molecule has 0 aliphatic carbocycles. The Kier molecular flexibility index (Phi) is 8.31. The van der Waals surface area contributed by atoms with E-state index in [2.05, 4.69) is 15.6 Å². The molecular formula is C26H18Cl3N3O2S. The van der Waals surface area contributed by atoms with Gasteiger partial charge >= 0.3 is 0 Å². The lowest BCUT2D eigenvalue weighted by atomic mass is 10.1. The van der Waals surface area contributed by atoms with E-state index in [-0.39, 0.29) is 16.8 Å². The van der Waals surface area contributed by atoms with Gasteiger partial charge in [-0.1, -0.05) is 65.1 Å². The maximum Gasteiger partial charge on any atom is 0.257 e. The van der Waals surface area contributed by atoms with Crippen molar-refractivity contribution in [1.29, 1.82) is 0 Å². The minimum Gasteiger partial charge on any atom is -0.322 e. The third-order valence-corrected chi connectivity index (χ3v) is 6.90. The third kappa shape index (κ3) is 6.77. The highest BCUT2D eigenvalue weighted by molar-refractivity contribution is 8.00. The zero-order valence-corrected chi connectivity index (χ0v) is 21.1. The molecule has 0 spiro atoms. The van der Waals surface area contributed by atoms with E-state index in [0.717, 1.165) is 10.5 Å². The van der Waals surface area contributed by atoms with Gasteiger partial charge in [-0.15, -0.1) is 11.8 Å². The summed E-state index contributed by atoms with van der Waals surface area (Å²) in [5.41, 5.74) is 1.77. The summed E-state index contributed by atoms with van der Waals surface area (Å²) in [4.78, 5) is 30.7. The Labute approximate surface area is 221 Å². The van der Waals surface area contributed by atoms with Crippen molar-refractivity contribution in [3.05, 3.63) is 117 Å². The standard InChI is InChI=1S/C26H18Cl3N3O2S/c27-17-6-12-21(22(29)14-17)25(33)31-19-8-10-20(11-9-19)35-24(16-4-2-1-3-5-16)26(34)32-23-13-7-18(28)15-30-23/h1-15,24H,(H,31,33)(H,30,32,34). The maximum atomic E-state index is 13.1. The third-order valence-electron chi connectivity index (χ3n) is 4.86. The molecule has 176 valence electrons. The summed E-state index contributed by atoms with van der Waals surface area (Å²) in [5.74, 6) is -0.144. The summed E-state index contributed by atoms with van der Waals surface area (Å²) < 4.78 is 0. The fourth-order valence-corrected chi connectivity index (χ4v) is 4.80. The van der Waals surface area contributed by atoms with Gasteiger partial charge in [-0.2, -0.15) is 0 Å². The number of hydrogen-bond acceptors (Lipinski definition) is 4. The average Bonchev–Trinajstić information content (AvgIpc) is 2.85. The minimum atomic E-state index is -0.526. The number of benzene rings is 3. The first-order valence-electron chi connectivity index (χ1n) is 10.4. The van der Waals surface area contributed by atoms with Crippen LogP contribution in [0.25, 0.3) is 0 Å². The van der Waals surface area contributed by atoms with Crippen molar-refractivity contribution in [2.45, 2.75) is 10.1 Å². The molecule has 0 radical (unpaired) electrons. The van der Waals surface area contributed by atoms with E-state index < -0.39 is 5.25 Å². The second-order valence-electron chi connectivity index (χ2n) is 7.36. The van der Waals surface area contributed by atoms with Crippen molar-refractivity contribution >= 4 is 69.9 Å². The number of anilines is 2. The first kappa shape index (κ1) is 25.1. The molecule has 0 saturated carbocycles. The Hall–Kier alpha value is -3.03. The molecule has 9 heteroatoms. The summed E-state index contributed by atoms with van der Waals surface area (Å²) in [6.45, 7) is 0. The highest BCUT2D eigenvalue weighted by Gasteiger charge is 2.22. The number of nitrogens with one attached hydrogen (secondary N) is 2. The molecule has 4 rings (SSSR count). The van der Waals surface area contributed by atoms with Gasteiger partial charge in [-0.05, 0) is 60.2 Å². The Bertz CT molecular complexity index is 1330. The largest absolute Gasteiger partial charge is 0.322 e. The van der Waals surface area contributed by atoms with Crippen LogP contribution in [0.2, 0.25) is 15.1 Å². The molecule has 4 aromatic rings. The summed E-state index contributed by atoms with van der Waals surface area (Å²) in [7, 11) is 0. The number of rotatable bonds is 7. The van der Waals surface area contributed by atoms with Crippen molar-refractivity contribution in [2.75, 3.05) is 10.6 Å². The molecular weight excluding hydrogens is 525 g/mol. The van der Waals surface area contributed by atoms with E-state index in [9.17, 15) is 9.59 Å². The van der Waals surface area contributed by atoms with Gasteiger partial charge in [0, 0.05) is 21.8 Å². The average molecular weight is 543 g/mol. The van der Waals surface area contributed by atoms with Gasteiger partial charge in [0.15, 0.2) is 0 Å². The molecule has 0 aliphatic heterocycles. The van der Waals surface area contributed by atoms with Crippen LogP contribution in [0.1, 0.15) is 21.2 Å². The summed E-state index contributed by atoms with van der Waals surface area (Å²) in [6, 6.07) is 24.7. The van der Waals surface area contributed by atoms with E-state index in [1.807, 2.05) is 42.5 Å². The number of amides is 2. The minimum absolute atomic E-state index is 0.217. The second-order valence-corrected chi connectivity index (χ2v) is 9.82. The van der Waals surface area contributed by atoms with Gasteiger partial charge in [0.1, 0.15) is 11.1 Å². The molecule has 2 N–H and O–H groups in total. The van der Waals surface area contributed by atoms with Gasteiger partial charge in [-0.3, -0.25) is 9.59 Å². The van der Waals surface area contributed by atoms with Crippen LogP contribution in [-0.4, -0.2) is 16.8 Å². The molecule has 0 fully saturated rings. The predicted molar refractivity (Wildman–Crippen MR) is 144 cm³/mol. The van der Waals surface area contributed by atoms with Crippen molar-refractivity contribution in [1.82, 2.24) is 4.98 Å². The van der Waals surface area contributed by atoms with E-state index in [4.69, 9.17) is 34.8 Å². The second kappa shape index (κ2) is 11.6. The SMILES string of the molecule is O=C(Nc1ccc(SC(C(=O)Nc2ccc(Cl)cn2)c2ccccc2)cc1)c1ccc(Cl)cc1Cl. The molecule has 5 nitrogen and oxygen atoms in total. The smallest absolute Gasteiger partial charge is 0.257 e. The number of nitrogens with zero attached hydrogens (tertiary/aromatic N) is 1. The maximum absolute atomic E-state index is 13.1. The van der Waals surface area contributed by atoms with Crippen LogP contribution < -0.4 is 10.6 Å². The van der Waals surface area contributed by atoms with Crippen LogP contribution in [-0.2, 0) is 4.79 Å². The van der Waals surface area contributed by atoms with Crippen LogP contribution in [0.4, 0.5) is 11.5 Å². The Morgan fingerprint density at radius 1 is 0.800 bits per heavy atom.